The Morgan fingerprint density at radius 2 is 1.42 bits per heavy atom. The van der Waals surface area contributed by atoms with E-state index in [1.54, 1.807) is 31.9 Å². The van der Waals surface area contributed by atoms with Crippen molar-refractivity contribution in [3.05, 3.63) is 171 Å². The number of rotatable bonds is 29. The van der Waals surface area contributed by atoms with E-state index in [2.05, 4.69) is 34.7 Å². The van der Waals surface area contributed by atoms with Crippen molar-refractivity contribution in [3.63, 3.8) is 0 Å². The molecule has 0 radical (unpaired) electrons. The molecule has 1 aliphatic heterocycles. The zero-order valence-corrected chi connectivity index (χ0v) is 41.2. The Morgan fingerprint density at radius 1 is 0.775 bits per heavy atom. The molecule has 0 bridgehead atoms. The molecule has 0 aromatic heterocycles. The second-order valence-corrected chi connectivity index (χ2v) is 18.4. The van der Waals surface area contributed by atoms with Gasteiger partial charge in [0.1, 0.15) is 43.0 Å². The summed E-state index contributed by atoms with van der Waals surface area (Å²) in [6.45, 7) is 6.43. The molecule has 5 N–H and O–H groups in total. The van der Waals surface area contributed by atoms with Crippen LogP contribution in [-0.2, 0) is 20.9 Å². The Labute approximate surface area is 416 Å². The van der Waals surface area contributed by atoms with Gasteiger partial charge in [0, 0.05) is 62.1 Å². The Bertz CT molecular complexity index is 2570. The van der Waals surface area contributed by atoms with Crippen LogP contribution < -0.4 is 20.1 Å². The van der Waals surface area contributed by atoms with E-state index < -0.39 is 41.1 Å². The summed E-state index contributed by atoms with van der Waals surface area (Å²) >= 11 is 0. The number of aliphatic hydroxyl groups excluding tert-OH is 2. The van der Waals surface area contributed by atoms with Gasteiger partial charge in [0.2, 0.25) is 0 Å². The van der Waals surface area contributed by atoms with Crippen molar-refractivity contribution < 1.29 is 44.0 Å². The van der Waals surface area contributed by atoms with E-state index in [1.807, 2.05) is 91.0 Å². The van der Waals surface area contributed by atoms with Crippen LogP contribution in [0.2, 0.25) is 0 Å². The van der Waals surface area contributed by atoms with Gasteiger partial charge in [-0.2, -0.15) is 0 Å². The smallest absolute Gasteiger partial charge is 0.337 e. The number of nitro groups is 1. The molecule has 6 rings (SSSR count). The Morgan fingerprint density at radius 3 is 2.15 bits per heavy atom. The van der Waals surface area contributed by atoms with Crippen LogP contribution in [0.4, 0.5) is 5.69 Å². The number of benzene rings is 5. The molecule has 5 aromatic rings. The molecule has 5 aromatic carbocycles. The third kappa shape index (κ3) is 15.9. The van der Waals surface area contributed by atoms with Crippen LogP contribution in [0.3, 0.4) is 0 Å². The van der Waals surface area contributed by atoms with E-state index in [4.69, 9.17) is 14.2 Å². The number of aliphatic hydroxyl groups is 2. The van der Waals surface area contributed by atoms with Gasteiger partial charge in [0.25, 0.3) is 5.69 Å². The summed E-state index contributed by atoms with van der Waals surface area (Å²) in [5, 5.41) is 52.9. The highest BCUT2D eigenvalue weighted by Gasteiger charge is 2.40. The largest absolute Gasteiger partial charge is 0.491 e. The van der Waals surface area contributed by atoms with Crippen LogP contribution in [0.1, 0.15) is 63.0 Å². The van der Waals surface area contributed by atoms with Crippen molar-refractivity contribution in [1.82, 2.24) is 20.4 Å². The molecule has 71 heavy (non-hydrogen) atoms. The summed E-state index contributed by atoms with van der Waals surface area (Å²) < 4.78 is 18.3. The summed E-state index contributed by atoms with van der Waals surface area (Å²) in [7, 11) is 3.77. The van der Waals surface area contributed by atoms with Gasteiger partial charge in [-0.15, -0.1) is 0 Å². The highest BCUT2D eigenvalue weighted by Crippen LogP contribution is 2.43. The average Bonchev–Trinajstić information content (AvgIpc) is 3.37. The van der Waals surface area contributed by atoms with Gasteiger partial charge in [-0.05, 0) is 93.9 Å². The molecule has 1 heterocycles. The number of carbonyl (C=O) groups excluding carboxylic acids is 1. The number of non-ortho nitro benzene ring substituents is 1. The standard InChI is InChI=1S/C56H69N5O10/c1-39-52(55(64)65)54(44-22-15-23-45(32-44)61(67)68)53(40(2)60(39)4)56(66)71-49(35-58-34-47(63)38-70-51-27-16-21-43-20-11-12-26-50(43)51)31-41(28-30-59(3)36-42-18-7-5-8-19-42)17-13-14-29-57-33-46(62)37-69-48-24-9-6-10-25-48/h5-12,15-16,18-27,32,41,46-47,49,54,57-58,62-63H,13-14,17,28-31,33-38H2,1-4H3,(H,64,65). The van der Waals surface area contributed by atoms with Crippen LogP contribution in [0.25, 0.3) is 10.8 Å². The number of carboxylic acid groups (broad SMARTS) is 1. The zero-order chi connectivity index (χ0) is 50.7. The maximum absolute atomic E-state index is 14.9. The highest BCUT2D eigenvalue weighted by molar-refractivity contribution is 5.99. The molecule has 15 nitrogen and oxygen atoms in total. The number of carbonyl (C=O) groups is 2. The SMILES string of the molecule is CC1=C(C(=O)O)C(c2cccc([N+](=O)[O-])c2)C(C(=O)OC(CNCC(O)COc2cccc3ccccc23)CC(CCCCNCC(O)COc2ccccc2)CCN(C)Cc2ccccc2)=C(C)N1C. The predicted molar refractivity (Wildman–Crippen MR) is 275 cm³/mol. The monoisotopic (exact) mass is 972 g/mol. The molecule has 5 atom stereocenters. The van der Waals surface area contributed by atoms with Gasteiger partial charge >= 0.3 is 11.9 Å². The lowest BCUT2D eigenvalue weighted by Gasteiger charge is -2.36. The van der Waals surface area contributed by atoms with Gasteiger partial charge in [-0.1, -0.05) is 110 Å². The number of hydrogen-bond donors (Lipinski definition) is 5. The van der Waals surface area contributed by atoms with Crippen molar-refractivity contribution in [2.24, 2.45) is 5.92 Å². The van der Waals surface area contributed by atoms with Gasteiger partial charge in [0.15, 0.2) is 0 Å². The van der Waals surface area contributed by atoms with Crippen LogP contribution in [0, 0.1) is 16.0 Å². The van der Waals surface area contributed by atoms with E-state index in [0.29, 0.717) is 42.4 Å². The van der Waals surface area contributed by atoms with E-state index in [9.17, 15) is 35.0 Å². The van der Waals surface area contributed by atoms with Gasteiger partial charge in [-0.3, -0.25) is 10.1 Å². The van der Waals surface area contributed by atoms with Crippen molar-refractivity contribution >= 4 is 28.4 Å². The van der Waals surface area contributed by atoms with E-state index >= 15 is 0 Å². The number of esters is 1. The average molecular weight is 972 g/mol. The molecule has 0 saturated heterocycles. The molecule has 0 spiro atoms. The van der Waals surface area contributed by atoms with Gasteiger partial charge in [-0.25, -0.2) is 9.59 Å². The minimum atomic E-state index is -1.26. The normalized spacial score (nSPS) is 15.6. The van der Waals surface area contributed by atoms with Crippen molar-refractivity contribution in [1.29, 1.82) is 0 Å². The summed E-state index contributed by atoms with van der Waals surface area (Å²) in [5.41, 5.74) is 2.09. The molecule has 1 aliphatic rings. The Kier molecular flexibility index (Phi) is 20.5. The number of ether oxygens (including phenoxy) is 3. The summed E-state index contributed by atoms with van der Waals surface area (Å²) in [6.07, 6.45) is 1.41. The quantitative estimate of drug-likeness (QED) is 0.0134. The number of aliphatic carboxylic acids is 1. The first-order valence-corrected chi connectivity index (χ1v) is 24.4. The van der Waals surface area contributed by atoms with Crippen molar-refractivity contribution in [2.45, 2.75) is 76.7 Å². The van der Waals surface area contributed by atoms with E-state index in [0.717, 1.165) is 49.5 Å². The second-order valence-electron chi connectivity index (χ2n) is 18.4. The molecule has 5 unspecified atom stereocenters. The zero-order valence-electron chi connectivity index (χ0n) is 41.2. The number of allylic oxidation sites excluding steroid dienone is 2. The fraction of sp³-hybridized carbons (Fsp3) is 0.393. The number of carboxylic acids is 1. The van der Waals surface area contributed by atoms with Gasteiger partial charge < -0.3 is 50.0 Å². The number of nitrogens with one attached hydrogen (secondary N) is 2. The fourth-order valence-corrected chi connectivity index (χ4v) is 9.08. The van der Waals surface area contributed by atoms with E-state index in [-0.39, 0.29) is 54.6 Å². The fourth-order valence-electron chi connectivity index (χ4n) is 9.08. The number of unbranched alkanes of at least 4 members (excludes halogenated alkanes) is 1. The maximum Gasteiger partial charge on any atom is 0.337 e. The molecular weight excluding hydrogens is 903 g/mol. The Balaban J connectivity index is 1.19. The highest BCUT2D eigenvalue weighted by atomic mass is 16.6. The van der Waals surface area contributed by atoms with Gasteiger partial charge in [0.05, 0.1) is 22.0 Å². The van der Waals surface area contributed by atoms with Crippen molar-refractivity contribution in [3.8, 4) is 11.5 Å². The minimum Gasteiger partial charge on any atom is -0.491 e. The molecule has 378 valence electrons. The molecule has 0 amide bonds. The number of fused-ring (bicyclic) bond motifs is 1. The lowest BCUT2D eigenvalue weighted by molar-refractivity contribution is -0.384. The summed E-state index contributed by atoms with van der Waals surface area (Å²) in [6, 6.07) is 39.0. The number of nitro benzene ring substituents is 1. The molecule has 15 heteroatoms. The minimum absolute atomic E-state index is 0.0138. The summed E-state index contributed by atoms with van der Waals surface area (Å²) in [5.74, 6) is -1.72. The Hall–Kier alpha value is -6.62. The second kappa shape index (κ2) is 27.1. The molecule has 0 saturated carbocycles. The van der Waals surface area contributed by atoms with Crippen molar-refractivity contribution in [2.75, 3.05) is 60.0 Å². The first kappa shape index (κ1) is 53.7. The van der Waals surface area contributed by atoms with Crippen LogP contribution in [-0.4, -0.2) is 120 Å². The van der Waals surface area contributed by atoms with Crippen LogP contribution >= 0.6 is 0 Å². The lowest BCUT2D eigenvalue weighted by Crippen LogP contribution is -2.40. The third-order valence-electron chi connectivity index (χ3n) is 13.0. The molecular formula is C56H69N5O10. The maximum atomic E-state index is 14.9. The molecule has 0 fully saturated rings. The summed E-state index contributed by atoms with van der Waals surface area (Å²) in [4.78, 5) is 43.2. The topological polar surface area (TPSA) is 196 Å². The van der Waals surface area contributed by atoms with E-state index in [1.165, 1.54) is 23.8 Å². The first-order chi connectivity index (χ1) is 34.3. The van der Waals surface area contributed by atoms with Crippen LogP contribution in [0.5, 0.6) is 11.5 Å². The number of hydrogen-bond acceptors (Lipinski definition) is 13. The third-order valence-corrected chi connectivity index (χ3v) is 13.0. The number of para-hydroxylation sites is 1. The molecule has 0 aliphatic carbocycles. The first-order valence-electron chi connectivity index (χ1n) is 24.4. The van der Waals surface area contributed by atoms with Crippen LogP contribution in [0.15, 0.2) is 150 Å². The number of nitrogens with zero attached hydrogens (tertiary/aromatic N) is 3. The predicted octanol–water partition coefficient (Wildman–Crippen LogP) is 8.08. The lowest BCUT2D eigenvalue weighted by atomic mass is 9.79.